The number of anilines is 1. The number of rotatable bonds is 8. The van der Waals surface area contributed by atoms with E-state index in [0.29, 0.717) is 34.8 Å². The number of hydrogen-bond donors (Lipinski definition) is 3. The summed E-state index contributed by atoms with van der Waals surface area (Å²) in [5, 5.41) is 2.74. The number of fused-ring (bicyclic) bond motifs is 1. The van der Waals surface area contributed by atoms with Crippen molar-refractivity contribution in [2.24, 2.45) is 0 Å². The van der Waals surface area contributed by atoms with Gasteiger partial charge in [0, 0.05) is 7.11 Å². The van der Waals surface area contributed by atoms with Crippen molar-refractivity contribution >= 4 is 22.5 Å². The van der Waals surface area contributed by atoms with Gasteiger partial charge in [0.1, 0.15) is 30.4 Å². The van der Waals surface area contributed by atoms with Gasteiger partial charge in [-0.15, -0.1) is 0 Å². The fourth-order valence-electron chi connectivity index (χ4n) is 2.97. The lowest BCUT2D eigenvalue weighted by atomic mass is 10.2. The quantitative estimate of drug-likeness (QED) is 0.521. The van der Waals surface area contributed by atoms with E-state index in [-0.39, 0.29) is 18.6 Å². The third kappa shape index (κ3) is 5.21. The zero-order valence-electron chi connectivity index (χ0n) is 15.8. The molecule has 1 unspecified atom stereocenters. The maximum Gasteiger partial charge on any atom is 0.279 e. The summed E-state index contributed by atoms with van der Waals surface area (Å²) in [5.74, 6) is -1.86. The van der Waals surface area contributed by atoms with Crippen molar-refractivity contribution < 1.29 is 23.2 Å². The smallest absolute Gasteiger partial charge is 0.279 e. The van der Waals surface area contributed by atoms with Crippen LogP contribution in [0, 0.1) is 11.6 Å². The first kappa shape index (κ1) is 20.6. The summed E-state index contributed by atoms with van der Waals surface area (Å²) in [6.45, 7) is 0.930. The Morgan fingerprint density at radius 3 is 2.62 bits per heavy atom. The number of carbonyl (C=O) groups is 1. The van der Waals surface area contributed by atoms with Gasteiger partial charge in [-0.25, -0.2) is 13.8 Å². The largest absolute Gasteiger partial charge is 0.379 e. The Bertz CT molecular complexity index is 1050. The molecule has 2 aromatic carbocycles. The second kappa shape index (κ2) is 9.35. The fourth-order valence-corrected chi connectivity index (χ4v) is 2.97. The van der Waals surface area contributed by atoms with E-state index in [2.05, 4.69) is 15.3 Å². The summed E-state index contributed by atoms with van der Waals surface area (Å²) in [4.78, 5) is 32.5. The van der Waals surface area contributed by atoms with Crippen molar-refractivity contribution in [3.63, 3.8) is 0 Å². The Morgan fingerprint density at radius 2 is 1.90 bits per heavy atom. The maximum atomic E-state index is 13.8. The molecular formula is C20H21F2N4O3+. The number of nitrogens with one attached hydrogen (secondary N) is 3. The van der Waals surface area contributed by atoms with E-state index in [1.807, 2.05) is 0 Å². The molecule has 0 saturated heterocycles. The summed E-state index contributed by atoms with van der Waals surface area (Å²) in [7, 11) is 1.53. The van der Waals surface area contributed by atoms with Crippen LogP contribution >= 0.6 is 0 Å². The average molecular weight is 403 g/mol. The van der Waals surface area contributed by atoms with E-state index in [0.717, 1.165) is 12.1 Å². The van der Waals surface area contributed by atoms with Crippen LogP contribution in [0.15, 0.2) is 47.3 Å². The number of para-hydroxylation sites is 2. The van der Waals surface area contributed by atoms with Crippen molar-refractivity contribution in [3.05, 3.63) is 70.3 Å². The van der Waals surface area contributed by atoms with Crippen LogP contribution in [0.4, 0.5) is 14.5 Å². The molecule has 3 N–H and O–H groups in total. The van der Waals surface area contributed by atoms with Crippen LogP contribution in [0.1, 0.15) is 5.82 Å². The monoisotopic (exact) mass is 403 g/mol. The molecule has 0 bridgehead atoms. The number of halogens is 2. The number of aromatic nitrogens is 2. The van der Waals surface area contributed by atoms with Crippen LogP contribution in [-0.4, -0.2) is 42.7 Å². The van der Waals surface area contributed by atoms with Crippen LogP contribution in [-0.2, 0) is 16.1 Å². The molecule has 0 radical (unpaired) electrons. The predicted molar refractivity (Wildman–Crippen MR) is 104 cm³/mol. The number of amides is 1. The molecule has 9 heteroatoms. The van der Waals surface area contributed by atoms with Gasteiger partial charge >= 0.3 is 0 Å². The van der Waals surface area contributed by atoms with Gasteiger partial charge in [0.05, 0.1) is 17.5 Å². The minimum atomic E-state index is -0.850. The molecule has 0 saturated carbocycles. The molecule has 29 heavy (non-hydrogen) atoms. The van der Waals surface area contributed by atoms with Crippen LogP contribution in [0.25, 0.3) is 10.9 Å². The molecule has 3 rings (SSSR count). The number of carbonyl (C=O) groups excluding carboxylic acids is 1. The highest BCUT2D eigenvalue weighted by Gasteiger charge is 2.19. The average Bonchev–Trinajstić information content (AvgIpc) is 2.69. The standard InChI is InChI=1S/C20H20F2N4O3/c1-29-10-9-26(12-18(27)25-19-14(21)6-4-7-15(19)22)11-17-23-16-8-3-2-5-13(16)20(28)24-17/h2-8H,9-12H2,1H3,(H,25,27)(H,23,24,28)/p+1. The molecule has 0 spiro atoms. The minimum absolute atomic E-state index is 0.0896. The Balaban J connectivity index is 1.76. The summed E-state index contributed by atoms with van der Waals surface area (Å²) in [5.41, 5.74) is -0.203. The molecular weight excluding hydrogens is 382 g/mol. The number of ether oxygens (including phenoxy) is 1. The molecule has 0 aliphatic heterocycles. The van der Waals surface area contributed by atoms with Gasteiger partial charge in [-0.05, 0) is 24.3 Å². The van der Waals surface area contributed by atoms with Gasteiger partial charge in [-0.2, -0.15) is 0 Å². The van der Waals surface area contributed by atoms with E-state index >= 15 is 0 Å². The van der Waals surface area contributed by atoms with E-state index in [1.165, 1.54) is 13.2 Å². The molecule has 1 aromatic heterocycles. The lowest BCUT2D eigenvalue weighted by Gasteiger charge is -2.18. The van der Waals surface area contributed by atoms with Gasteiger partial charge in [-0.3, -0.25) is 9.59 Å². The number of H-pyrrole nitrogens is 1. The second-order valence-electron chi connectivity index (χ2n) is 6.52. The number of methoxy groups -OCH3 is 1. The molecule has 1 heterocycles. The highest BCUT2D eigenvalue weighted by Crippen LogP contribution is 2.17. The Labute approximate surface area is 165 Å². The van der Waals surface area contributed by atoms with Gasteiger partial charge in [0.2, 0.25) is 0 Å². The first-order chi connectivity index (χ1) is 14.0. The Morgan fingerprint density at radius 1 is 1.17 bits per heavy atom. The van der Waals surface area contributed by atoms with Crippen LogP contribution in [0.5, 0.6) is 0 Å². The number of aromatic amines is 1. The van der Waals surface area contributed by atoms with Crippen LogP contribution in [0.3, 0.4) is 0 Å². The zero-order valence-corrected chi connectivity index (χ0v) is 15.8. The molecule has 3 aromatic rings. The molecule has 1 amide bonds. The third-order valence-corrected chi connectivity index (χ3v) is 4.38. The minimum Gasteiger partial charge on any atom is -0.379 e. The van der Waals surface area contributed by atoms with Gasteiger partial charge in [-0.1, -0.05) is 18.2 Å². The second-order valence-corrected chi connectivity index (χ2v) is 6.52. The molecule has 0 aliphatic rings. The lowest BCUT2D eigenvalue weighted by Crippen LogP contribution is -3.12. The van der Waals surface area contributed by atoms with Gasteiger partial charge in [0.25, 0.3) is 11.5 Å². The summed E-state index contributed by atoms with van der Waals surface area (Å²) < 4.78 is 32.6. The Hall–Kier alpha value is -3.17. The van der Waals surface area contributed by atoms with Gasteiger partial charge in [0.15, 0.2) is 12.4 Å². The summed E-state index contributed by atoms with van der Waals surface area (Å²) in [6.07, 6.45) is 0. The predicted octanol–water partition coefficient (Wildman–Crippen LogP) is 0.871. The molecule has 0 aliphatic carbocycles. The lowest BCUT2D eigenvalue weighted by molar-refractivity contribution is -0.906. The summed E-state index contributed by atoms with van der Waals surface area (Å²) >= 11 is 0. The van der Waals surface area contributed by atoms with Crippen molar-refractivity contribution in [1.82, 2.24) is 9.97 Å². The molecule has 7 nitrogen and oxygen atoms in total. The van der Waals surface area contributed by atoms with Crippen LogP contribution < -0.4 is 15.8 Å². The van der Waals surface area contributed by atoms with E-state index in [9.17, 15) is 18.4 Å². The molecule has 152 valence electrons. The zero-order chi connectivity index (χ0) is 20.8. The van der Waals surface area contributed by atoms with Crippen LogP contribution in [0.2, 0.25) is 0 Å². The first-order valence-electron chi connectivity index (χ1n) is 9.02. The van der Waals surface area contributed by atoms with Crippen molar-refractivity contribution in [3.8, 4) is 0 Å². The highest BCUT2D eigenvalue weighted by molar-refractivity contribution is 5.91. The number of quaternary nitrogens is 1. The number of benzene rings is 2. The van der Waals surface area contributed by atoms with Crippen molar-refractivity contribution in [2.45, 2.75) is 6.54 Å². The third-order valence-electron chi connectivity index (χ3n) is 4.38. The number of nitrogens with zero attached hydrogens (tertiary/aromatic N) is 1. The SMILES string of the molecule is COCC[NH+](CC(=O)Nc1c(F)cccc1F)Cc1nc2ccccc2c(=O)[nH]1. The number of hydrogen-bond acceptors (Lipinski definition) is 4. The van der Waals surface area contributed by atoms with E-state index in [1.54, 1.807) is 24.3 Å². The fraction of sp³-hybridized carbons (Fsp3) is 0.250. The molecule has 0 fully saturated rings. The Kier molecular flexibility index (Phi) is 6.63. The van der Waals surface area contributed by atoms with Crippen molar-refractivity contribution in [2.75, 3.05) is 32.1 Å². The normalized spacial score (nSPS) is 12.1. The van der Waals surface area contributed by atoms with E-state index < -0.39 is 23.2 Å². The first-order valence-corrected chi connectivity index (χ1v) is 9.02. The molecule has 1 atom stereocenters. The summed E-state index contributed by atoms with van der Waals surface area (Å²) in [6, 6.07) is 10.3. The maximum absolute atomic E-state index is 13.8. The van der Waals surface area contributed by atoms with Crippen molar-refractivity contribution in [1.29, 1.82) is 0 Å². The van der Waals surface area contributed by atoms with E-state index in [4.69, 9.17) is 4.74 Å². The van der Waals surface area contributed by atoms with Gasteiger partial charge < -0.3 is 19.9 Å². The highest BCUT2D eigenvalue weighted by atomic mass is 19.1. The topological polar surface area (TPSA) is 88.5 Å².